The molecule has 1 atom stereocenters. The van der Waals surface area contributed by atoms with Crippen LogP contribution >= 0.6 is 0 Å². The van der Waals surface area contributed by atoms with Gasteiger partial charge in [-0.15, -0.1) is 0 Å². The maximum Gasteiger partial charge on any atom is 0.237 e. The van der Waals surface area contributed by atoms with E-state index in [1.807, 2.05) is 24.5 Å². The van der Waals surface area contributed by atoms with Gasteiger partial charge in [0.2, 0.25) is 5.91 Å². The molecule has 0 saturated carbocycles. The number of carbonyl (C=O) groups is 1. The molecule has 0 radical (unpaired) electrons. The number of nitrogens with one attached hydrogen (secondary N) is 1. The van der Waals surface area contributed by atoms with Crippen molar-refractivity contribution in [1.29, 1.82) is 0 Å². The quantitative estimate of drug-likeness (QED) is 0.864. The molecule has 24 heavy (non-hydrogen) atoms. The highest BCUT2D eigenvalue weighted by Crippen LogP contribution is 2.43. The van der Waals surface area contributed by atoms with Crippen molar-refractivity contribution in [2.45, 2.75) is 45.2 Å². The first-order valence-electron chi connectivity index (χ1n) is 9.43. The summed E-state index contributed by atoms with van der Waals surface area (Å²) in [4.78, 5) is 17.6. The van der Waals surface area contributed by atoms with E-state index in [9.17, 15) is 4.79 Å². The molecular weight excluding hydrogens is 300 g/mol. The van der Waals surface area contributed by atoms with E-state index >= 15 is 0 Å². The maximum absolute atomic E-state index is 12.8. The van der Waals surface area contributed by atoms with Crippen LogP contribution in [0.1, 0.15) is 32.6 Å². The van der Waals surface area contributed by atoms with E-state index in [1.54, 1.807) is 0 Å². The monoisotopic (exact) mass is 332 g/mol. The number of amides is 1. The second kappa shape index (κ2) is 7.70. The van der Waals surface area contributed by atoms with Crippen molar-refractivity contribution in [2.75, 3.05) is 39.8 Å². The van der Waals surface area contributed by atoms with Gasteiger partial charge in [0.1, 0.15) is 0 Å². The van der Waals surface area contributed by atoms with Crippen LogP contribution in [0.3, 0.4) is 0 Å². The first kappa shape index (κ1) is 17.5. The average Bonchev–Trinajstić information content (AvgIpc) is 3.20. The molecule has 2 aliphatic rings. The Kier molecular flexibility index (Phi) is 5.61. The van der Waals surface area contributed by atoms with E-state index in [1.165, 1.54) is 25.9 Å². The van der Waals surface area contributed by atoms with Crippen LogP contribution < -0.4 is 5.32 Å². The number of nitrogens with zero attached hydrogens (tertiary/aromatic N) is 3. The molecule has 5 heteroatoms. The Hall–Kier alpha value is -1.33. The highest BCUT2D eigenvalue weighted by Gasteiger charge is 2.47. The van der Waals surface area contributed by atoms with Crippen LogP contribution in [-0.2, 0) is 11.3 Å². The number of aromatic nitrogens is 1. The maximum atomic E-state index is 12.8. The minimum Gasteiger partial charge on any atom is -0.353 e. The molecule has 1 spiro atoms. The van der Waals surface area contributed by atoms with Gasteiger partial charge >= 0.3 is 0 Å². The molecule has 3 rings (SSSR count). The third-order valence-electron chi connectivity index (χ3n) is 5.80. The van der Waals surface area contributed by atoms with Gasteiger partial charge in [-0.05, 0) is 69.9 Å². The summed E-state index contributed by atoms with van der Waals surface area (Å²) >= 11 is 0. The first-order valence-corrected chi connectivity index (χ1v) is 9.43. The second-order valence-electron chi connectivity index (χ2n) is 7.71. The third kappa shape index (κ3) is 4.01. The van der Waals surface area contributed by atoms with E-state index in [0.717, 1.165) is 32.5 Å². The highest BCUT2D eigenvalue weighted by atomic mass is 16.2. The summed E-state index contributed by atoms with van der Waals surface area (Å²) in [5.74, 6) is 0.228. The lowest BCUT2D eigenvalue weighted by Crippen LogP contribution is -2.44. The number of carbonyl (C=O) groups excluding carboxylic acids is 1. The van der Waals surface area contributed by atoms with Gasteiger partial charge in [0.15, 0.2) is 0 Å². The Morgan fingerprint density at radius 1 is 1.21 bits per heavy atom. The summed E-state index contributed by atoms with van der Waals surface area (Å²) in [6.07, 6.45) is 8.70. The SMILES string of the molecule is CCCN1CC2(CCN(C)CC2)C[C@@H]1C(=O)NCCn1cccc1. The molecule has 3 heterocycles. The first-order chi connectivity index (χ1) is 11.6. The van der Waals surface area contributed by atoms with Crippen LogP contribution in [-0.4, -0.2) is 66.1 Å². The molecular formula is C19H32N4O. The number of hydrogen-bond donors (Lipinski definition) is 1. The molecule has 2 saturated heterocycles. The van der Waals surface area contributed by atoms with Gasteiger partial charge in [-0.1, -0.05) is 6.92 Å². The molecule has 0 aromatic carbocycles. The van der Waals surface area contributed by atoms with Gasteiger partial charge in [-0.2, -0.15) is 0 Å². The zero-order chi connectivity index (χ0) is 17.0. The summed E-state index contributed by atoms with van der Waals surface area (Å²) in [6, 6.07) is 4.11. The van der Waals surface area contributed by atoms with Crippen molar-refractivity contribution in [1.82, 2.24) is 19.7 Å². The van der Waals surface area contributed by atoms with E-state index in [4.69, 9.17) is 0 Å². The Labute approximate surface area is 146 Å². The minimum atomic E-state index is 0.0676. The topological polar surface area (TPSA) is 40.5 Å². The zero-order valence-electron chi connectivity index (χ0n) is 15.2. The van der Waals surface area contributed by atoms with E-state index in [2.05, 4.69) is 33.7 Å². The second-order valence-corrected chi connectivity index (χ2v) is 7.71. The fraction of sp³-hybridized carbons (Fsp3) is 0.737. The lowest BCUT2D eigenvalue weighted by molar-refractivity contribution is -0.125. The Balaban J connectivity index is 1.56. The van der Waals surface area contributed by atoms with Gasteiger partial charge in [0.05, 0.1) is 6.04 Å². The summed E-state index contributed by atoms with van der Waals surface area (Å²) in [5.41, 5.74) is 0.365. The summed E-state index contributed by atoms with van der Waals surface area (Å²) < 4.78 is 2.11. The number of piperidine rings is 1. The standard InChI is InChI=1S/C19H32N4O/c1-3-9-23-16-19(6-12-21(2)13-7-19)15-17(23)18(24)20-8-14-22-10-4-5-11-22/h4-5,10-11,17H,3,6-9,12-16H2,1-2H3,(H,20,24)/t17-/m1/s1. The number of hydrogen-bond acceptors (Lipinski definition) is 3. The molecule has 0 unspecified atom stereocenters. The smallest absolute Gasteiger partial charge is 0.237 e. The molecule has 2 aliphatic heterocycles. The minimum absolute atomic E-state index is 0.0676. The molecule has 1 amide bonds. The van der Waals surface area contributed by atoms with Crippen LogP contribution in [0.5, 0.6) is 0 Å². The van der Waals surface area contributed by atoms with Gasteiger partial charge in [0, 0.05) is 32.0 Å². The predicted octanol–water partition coefficient (Wildman–Crippen LogP) is 1.80. The van der Waals surface area contributed by atoms with Crippen molar-refractivity contribution in [2.24, 2.45) is 5.41 Å². The van der Waals surface area contributed by atoms with E-state index < -0.39 is 0 Å². The predicted molar refractivity (Wildman–Crippen MR) is 96.9 cm³/mol. The fourth-order valence-corrected chi connectivity index (χ4v) is 4.33. The number of likely N-dealkylation sites (tertiary alicyclic amines) is 2. The normalized spacial score (nSPS) is 24.5. The van der Waals surface area contributed by atoms with Crippen molar-refractivity contribution >= 4 is 5.91 Å². The molecule has 5 nitrogen and oxygen atoms in total. The lowest BCUT2D eigenvalue weighted by Gasteiger charge is -2.37. The molecule has 1 aromatic rings. The summed E-state index contributed by atoms with van der Waals surface area (Å²) in [5, 5.41) is 3.17. The molecule has 1 N–H and O–H groups in total. The van der Waals surface area contributed by atoms with Crippen LogP contribution in [0.2, 0.25) is 0 Å². The van der Waals surface area contributed by atoms with Crippen molar-refractivity contribution in [3.63, 3.8) is 0 Å². The average molecular weight is 332 g/mol. The van der Waals surface area contributed by atoms with Crippen molar-refractivity contribution in [3.8, 4) is 0 Å². The highest BCUT2D eigenvalue weighted by molar-refractivity contribution is 5.82. The Bertz CT molecular complexity index is 519. The fourth-order valence-electron chi connectivity index (χ4n) is 4.33. The summed E-state index contributed by atoms with van der Waals surface area (Å²) in [6.45, 7) is 8.23. The lowest BCUT2D eigenvalue weighted by atomic mass is 9.76. The van der Waals surface area contributed by atoms with Gasteiger partial charge in [-0.25, -0.2) is 0 Å². The number of rotatable bonds is 6. The van der Waals surface area contributed by atoms with Crippen molar-refractivity contribution in [3.05, 3.63) is 24.5 Å². The van der Waals surface area contributed by atoms with Gasteiger partial charge < -0.3 is 14.8 Å². The molecule has 0 aliphatic carbocycles. The van der Waals surface area contributed by atoms with E-state index in [-0.39, 0.29) is 11.9 Å². The van der Waals surface area contributed by atoms with Gasteiger partial charge in [-0.3, -0.25) is 9.69 Å². The van der Waals surface area contributed by atoms with E-state index in [0.29, 0.717) is 12.0 Å². The Morgan fingerprint density at radius 2 is 1.92 bits per heavy atom. The molecule has 2 fully saturated rings. The third-order valence-corrected chi connectivity index (χ3v) is 5.80. The molecule has 1 aromatic heterocycles. The Morgan fingerprint density at radius 3 is 2.58 bits per heavy atom. The zero-order valence-corrected chi connectivity index (χ0v) is 15.2. The van der Waals surface area contributed by atoms with Crippen LogP contribution in [0.4, 0.5) is 0 Å². The van der Waals surface area contributed by atoms with Crippen molar-refractivity contribution < 1.29 is 4.79 Å². The van der Waals surface area contributed by atoms with Crippen LogP contribution in [0.15, 0.2) is 24.5 Å². The van der Waals surface area contributed by atoms with Crippen LogP contribution in [0, 0.1) is 5.41 Å². The molecule has 0 bridgehead atoms. The molecule has 134 valence electrons. The largest absolute Gasteiger partial charge is 0.353 e. The van der Waals surface area contributed by atoms with Crippen LogP contribution in [0.25, 0.3) is 0 Å². The van der Waals surface area contributed by atoms with Gasteiger partial charge in [0.25, 0.3) is 0 Å². The summed E-state index contributed by atoms with van der Waals surface area (Å²) in [7, 11) is 2.21.